The second-order valence-electron chi connectivity index (χ2n) is 9.35. The first-order valence-electron chi connectivity index (χ1n) is 11.8. The van der Waals surface area contributed by atoms with Gasteiger partial charge in [-0.05, 0) is 62.8 Å². The molecular formula is C27H28FN3O2S. The number of halogens is 1. The Morgan fingerprint density at radius 3 is 2.68 bits per heavy atom. The third-order valence-corrected chi connectivity index (χ3v) is 7.88. The number of nitrogens with zero attached hydrogens (tertiary/aromatic N) is 2. The van der Waals surface area contributed by atoms with Crippen LogP contribution in [0.4, 0.5) is 4.39 Å². The van der Waals surface area contributed by atoms with Crippen molar-refractivity contribution in [2.24, 2.45) is 0 Å². The first-order chi connectivity index (χ1) is 16.4. The summed E-state index contributed by atoms with van der Waals surface area (Å²) in [5, 5.41) is 4.05. The smallest absolute Gasteiger partial charge is 0.274 e. The van der Waals surface area contributed by atoms with Gasteiger partial charge in [-0.15, -0.1) is 11.3 Å². The number of carbonyl (C=O) groups excluding carboxylic acids is 2. The van der Waals surface area contributed by atoms with Crippen LogP contribution in [0, 0.1) is 19.7 Å². The standard InChI is InChI=1S/C27H28FN3O2S/c1-16-6-3-7-19(14-16)24-23(30-26(34-24)18-11-12-18)27(33)31-13-5-8-20(15-31)29-25(32)21-9-4-10-22(28)17(21)2/h3-4,6-7,9-10,14,18,20H,5,8,11-13,15H2,1-2H3,(H,29,32). The highest BCUT2D eigenvalue weighted by Crippen LogP contribution is 2.45. The van der Waals surface area contributed by atoms with E-state index in [0.29, 0.717) is 35.8 Å². The van der Waals surface area contributed by atoms with E-state index < -0.39 is 5.82 Å². The molecular weight excluding hydrogens is 449 g/mol. The molecule has 2 heterocycles. The monoisotopic (exact) mass is 477 g/mol. The average molecular weight is 478 g/mol. The van der Waals surface area contributed by atoms with Gasteiger partial charge in [-0.25, -0.2) is 9.37 Å². The van der Waals surface area contributed by atoms with Crippen LogP contribution >= 0.6 is 11.3 Å². The van der Waals surface area contributed by atoms with Gasteiger partial charge in [0.15, 0.2) is 0 Å². The van der Waals surface area contributed by atoms with Crippen LogP contribution in [-0.4, -0.2) is 40.8 Å². The van der Waals surface area contributed by atoms with E-state index in [1.807, 2.05) is 25.1 Å². The fraction of sp³-hybridized carbons (Fsp3) is 0.370. The molecule has 3 aromatic rings. The average Bonchev–Trinajstić information content (AvgIpc) is 3.58. The molecule has 1 N–H and O–H groups in total. The van der Waals surface area contributed by atoms with Crippen molar-refractivity contribution in [3.63, 3.8) is 0 Å². The Hall–Kier alpha value is -3.06. The quantitative estimate of drug-likeness (QED) is 0.529. The molecule has 2 fully saturated rings. The number of rotatable bonds is 5. The van der Waals surface area contributed by atoms with Crippen molar-refractivity contribution in [1.29, 1.82) is 0 Å². The SMILES string of the molecule is Cc1cccc(-c2sc(C3CC3)nc2C(=O)N2CCCC(NC(=O)c3cccc(F)c3C)C2)c1. The number of likely N-dealkylation sites (tertiary alicyclic amines) is 1. The molecule has 1 aliphatic heterocycles. The summed E-state index contributed by atoms with van der Waals surface area (Å²) in [4.78, 5) is 34.0. The number of hydrogen-bond donors (Lipinski definition) is 1. The normalized spacial score (nSPS) is 18.1. The van der Waals surface area contributed by atoms with E-state index >= 15 is 0 Å². The summed E-state index contributed by atoms with van der Waals surface area (Å²) in [5.74, 6) is -0.313. The van der Waals surface area contributed by atoms with E-state index in [1.54, 1.807) is 35.3 Å². The largest absolute Gasteiger partial charge is 0.348 e. The lowest BCUT2D eigenvalue weighted by atomic mass is 10.0. The Labute approximate surface area is 203 Å². The molecule has 1 saturated heterocycles. The van der Waals surface area contributed by atoms with Crippen LogP contribution in [0.15, 0.2) is 42.5 Å². The molecule has 0 radical (unpaired) electrons. The summed E-state index contributed by atoms with van der Waals surface area (Å²) in [7, 11) is 0. The predicted octanol–water partition coefficient (Wildman–Crippen LogP) is 5.48. The molecule has 1 saturated carbocycles. The highest BCUT2D eigenvalue weighted by molar-refractivity contribution is 7.15. The Kier molecular flexibility index (Phi) is 6.21. The Bertz CT molecular complexity index is 1250. The van der Waals surface area contributed by atoms with Crippen molar-refractivity contribution in [3.8, 4) is 10.4 Å². The molecule has 34 heavy (non-hydrogen) atoms. The molecule has 1 aromatic heterocycles. The number of benzene rings is 2. The van der Waals surface area contributed by atoms with E-state index in [1.165, 1.54) is 6.07 Å². The van der Waals surface area contributed by atoms with Gasteiger partial charge in [0.1, 0.15) is 11.5 Å². The van der Waals surface area contributed by atoms with Crippen LogP contribution < -0.4 is 5.32 Å². The zero-order valence-corrected chi connectivity index (χ0v) is 20.3. The molecule has 0 spiro atoms. The molecule has 7 heteroatoms. The minimum Gasteiger partial charge on any atom is -0.348 e. The maximum Gasteiger partial charge on any atom is 0.274 e. The van der Waals surface area contributed by atoms with Gasteiger partial charge in [0.25, 0.3) is 11.8 Å². The minimum atomic E-state index is -0.397. The van der Waals surface area contributed by atoms with Crippen LogP contribution in [0.25, 0.3) is 10.4 Å². The summed E-state index contributed by atoms with van der Waals surface area (Å²) in [5.41, 5.74) is 3.35. The number of nitrogens with one attached hydrogen (secondary N) is 1. The first-order valence-corrected chi connectivity index (χ1v) is 12.7. The summed E-state index contributed by atoms with van der Waals surface area (Å²) >= 11 is 1.63. The van der Waals surface area contributed by atoms with Gasteiger partial charge in [-0.1, -0.05) is 35.9 Å². The van der Waals surface area contributed by atoms with E-state index in [4.69, 9.17) is 4.98 Å². The summed E-state index contributed by atoms with van der Waals surface area (Å²) < 4.78 is 13.9. The first kappa shape index (κ1) is 22.7. The zero-order valence-electron chi connectivity index (χ0n) is 19.4. The molecule has 176 valence electrons. The highest BCUT2D eigenvalue weighted by Gasteiger charge is 2.33. The summed E-state index contributed by atoms with van der Waals surface area (Å²) in [6.45, 7) is 4.70. The van der Waals surface area contributed by atoms with Gasteiger partial charge in [0, 0.05) is 30.6 Å². The van der Waals surface area contributed by atoms with Crippen molar-refractivity contribution in [2.45, 2.75) is 51.5 Å². The van der Waals surface area contributed by atoms with Crippen LogP contribution in [0.5, 0.6) is 0 Å². The number of hydrogen-bond acceptors (Lipinski definition) is 4. The van der Waals surface area contributed by atoms with Gasteiger partial charge in [-0.2, -0.15) is 0 Å². The molecule has 1 atom stereocenters. The van der Waals surface area contributed by atoms with E-state index in [2.05, 4.69) is 11.4 Å². The lowest BCUT2D eigenvalue weighted by Crippen LogP contribution is -2.49. The van der Waals surface area contributed by atoms with Crippen molar-refractivity contribution in [2.75, 3.05) is 13.1 Å². The maximum absolute atomic E-state index is 13.9. The van der Waals surface area contributed by atoms with Crippen molar-refractivity contribution < 1.29 is 14.0 Å². The summed E-state index contributed by atoms with van der Waals surface area (Å²) in [6, 6.07) is 12.5. The molecule has 2 aliphatic rings. The number of thiazole rings is 1. The highest BCUT2D eigenvalue weighted by atomic mass is 32.1. The second-order valence-corrected chi connectivity index (χ2v) is 10.4. The van der Waals surface area contributed by atoms with Gasteiger partial charge in [-0.3, -0.25) is 9.59 Å². The third-order valence-electron chi connectivity index (χ3n) is 6.61. The summed E-state index contributed by atoms with van der Waals surface area (Å²) in [6.07, 6.45) is 3.83. The van der Waals surface area contributed by atoms with Crippen LogP contribution in [0.1, 0.15) is 68.6 Å². The predicted molar refractivity (Wildman–Crippen MR) is 132 cm³/mol. The van der Waals surface area contributed by atoms with Crippen molar-refractivity contribution >= 4 is 23.2 Å². The number of piperidine rings is 1. The number of carbonyl (C=O) groups is 2. The molecule has 5 nitrogen and oxygen atoms in total. The molecule has 2 aromatic carbocycles. The van der Waals surface area contributed by atoms with Gasteiger partial charge in [0.2, 0.25) is 0 Å². The fourth-order valence-corrected chi connectivity index (χ4v) is 5.74. The lowest BCUT2D eigenvalue weighted by molar-refractivity contribution is 0.0671. The Morgan fingerprint density at radius 1 is 1.12 bits per heavy atom. The Morgan fingerprint density at radius 2 is 1.91 bits per heavy atom. The van der Waals surface area contributed by atoms with Crippen molar-refractivity contribution in [1.82, 2.24) is 15.2 Å². The van der Waals surface area contributed by atoms with E-state index in [-0.39, 0.29) is 17.9 Å². The maximum atomic E-state index is 13.9. The fourth-order valence-electron chi connectivity index (χ4n) is 4.51. The number of aromatic nitrogens is 1. The minimum absolute atomic E-state index is 0.0828. The number of amides is 2. The Balaban J connectivity index is 1.36. The van der Waals surface area contributed by atoms with Crippen molar-refractivity contribution in [3.05, 3.63) is 75.7 Å². The van der Waals surface area contributed by atoms with Crippen LogP contribution in [0.3, 0.4) is 0 Å². The molecule has 1 aliphatic carbocycles. The third kappa shape index (κ3) is 4.62. The number of aryl methyl sites for hydroxylation is 1. The van der Waals surface area contributed by atoms with Crippen LogP contribution in [0.2, 0.25) is 0 Å². The lowest BCUT2D eigenvalue weighted by Gasteiger charge is -2.33. The van der Waals surface area contributed by atoms with Gasteiger partial charge >= 0.3 is 0 Å². The zero-order chi connectivity index (χ0) is 23.8. The molecule has 2 amide bonds. The molecule has 5 rings (SSSR count). The second kappa shape index (κ2) is 9.29. The topological polar surface area (TPSA) is 62.3 Å². The molecule has 0 bridgehead atoms. The van der Waals surface area contributed by atoms with E-state index in [9.17, 15) is 14.0 Å². The van der Waals surface area contributed by atoms with Gasteiger partial charge < -0.3 is 10.2 Å². The van der Waals surface area contributed by atoms with Crippen LogP contribution in [-0.2, 0) is 0 Å². The van der Waals surface area contributed by atoms with E-state index in [0.717, 1.165) is 46.7 Å². The molecule has 1 unspecified atom stereocenters. The van der Waals surface area contributed by atoms with Gasteiger partial charge in [0.05, 0.1) is 9.88 Å².